The van der Waals surface area contributed by atoms with Gasteiger partial charge in [0.2, 0.25) is 6.79 Å². The second-order valence-corrected chi connectivity index (χ2v) is 7.04. The summed E-state index contributed by atoms with van der Waals surface area (Å²) in [5.74, 6) is 1.09. The van der Waals surface area contributed by atoms with E-state index in [0.29, 0.717) is 11.3 Å². The molecule has 0 radical (unpaired) electrons. The molecular formula is C20H22O4. The van der Waals surface area contributed by atoms with Crippen LogP contribution >= 0.6 is 0 Å². The van der Waals surface area contributed by atoms with E-state index < -0.39 is 0 Å². The molecule has 1 aliphatic heterocycles. The van der Waals surface area contributed by atoms with Crippen LogP contribution < -0.4 is 9.47 Å². The molecule has 0 fully saturated rings. The van der Waals surface area contributed by atoms with Crippen LogP contribution in [0.25, 0.3) is 0 Å². The Bertz CT molecular complexity index is 772. The van der Waals surface area contributed by atoms with Gasteiger partial charge in [0.25, 0.3) is 0 Å². The van der Waals surface area contributed by atoms with Gasteiger partial charge in [-0.2, -0.15) is 0 Å². The van der Waals surface area contributed by atoms with Gasteiger partial charge in [0.15, 0.2) is 11.5 Å². The fourth-order valence-corrected chi connectivity index (χ4v) is 2.90. The number of fused-ring (bicyclic) bond motifs is 1. The van der Waals surface area contributed by atoms with E-state index in [-0.39, 0.29) is 24.8 Å². The molecule has 0 aromatic heterocycles. The molecule has 0 atom stereocenters. The third-order valence-corrected chi connectivity index (χ3v) is 4.08. The van der Waals surface area contributed by atoms with Crippen LogP contribution in [0, 0.1) is 6.92 Å². The first-order valence-corrected chi connectivity index (χ1v) is 8.01. The molecule has 0 spiro atoms. The van der Waals surface area contributed by atoms with E-state index in [2.05, 4.69) is 20.8 Å². The molecule has 3 rings (SSSR count). The van der Waals surface area contributed by atoms with Gasteiger partial charge < -0.3 is 14.2 Å². The van der Waals surface area contributed by atoms with E-state index in [9.17, 15) is 4.79 Å². The van der Waals surface area contributed by atoms with Crippen molar-refractivity contribution in [3.8, 4) is 11.5 Å². The van der Waals surface area contributed by atoms with E-state index in [4.69, 9.17) is 14.2 Å². The summed E-state index contributed by atoms with van der Waals surface area (Å²) in [6.45, 7) is 8.94. The molecule has 0 unspecified atom stereocenters. The summed E-state index contributed by atoms with van der Waals surface area (Å²) < 4.78 is 16.0. The van der Waals surface area contributed by atoms with Crippen molar-refractivity contribution in [3.05, 3.63) is 58.7 Å². The zero-order chi connectivity index (χ0) is 17.3. The summed E-state index contributed by atoms with van der Waals surface area (Å²) in [7, 11) is 0. The monoisotopic (exact) mass is 326 g/mol. The second kappa shape index (κ2) is 6.19. The zero-order valence-electron chi connectivity index (χ0n) is 14.5. The first-order valence-electron chi connectivity index (χ1n) is 8.01. The van der Waals surface area contributed by atoms with Gasteiger partial charge in [0.05, 0.1) is 5.56 Å². The Kier molecular flexibility index (Phi) is 4.22. The molecule has 0 saturated heterocycles. The van der Waals surface area contributed by atoms with Gasteiger partial charge in [-0.15, -0.1) is 0 Å². The quantitative estimate of drug-likeness (QED) is 0.785. The van der Waals surface area contributed by atoms with Crippen LogP contribution in [0.1, 0.15) is 47.8 Å². The molecule has 0 amide bonds. The van der Waals surface area contributed by atoms with Crippen molar-refractivity contribution in [1.29, 1.82) is 0 Å². The van der Waals surface area contributed by atoms with Gasteiger partial charge in [-0.25, -0.2) is 4.79 Å². The van der Waals surface area contributed by atoms with Gasteiger partial charge in [-0.05, 0) is 53.3 Å². The molecule has 1 heterocycles. The van der Waals surface area contributed by atoms with Gasteiger partial charge in [0.1, 0.15) is 6.61 Å². The van der Waals surface area contributed by atoms with E-state index in [0.717, 1.165) is 16.9 Å². The average Bonchev–Trinajstić information content (AvgIpc) is 2.98. The summed E-state index contributed by atoms with van der Waals surface area (Å²) in [6.07, 6.45) is 0. The van der Waals surface area contributed by atoms with Crippen LogP contribution in [-0.2, 0) is 16.8 Å². The third kappa shape index (κ3) is 3.37. The van der Waals surface area contributed by atoms with Crippen molar-refractivity contribution in [3.63, 3.8) is 0 Å². The SMILES string of the molecule is Cc1cc(C(=O)OCc2ccc3c(c2)OCO3)ccc1C(C)(C)C. The highest BCUT2D eigenvalue weighted by Crippen LogP contribution is 2.32. The van der Waals surface area contributed by atoms with Crippen LogP contribution in [0.2, 0.25) is 0 Å². The number of hydrogen-bond donors (Lipinski definition) is 0. The molecule has 2 aromatic carbocycles. The summed E-state index contributed by atoms with van der Waals surface area (Å²) in [4.78, 5) is 12.3. The largest absolute Gasteiger partial charge is 0.457 e. The van der Waals surface area contributed by atoms with E-state index in [1.807, 2.05) is 43.3 Å². The lowest BCUT2D eigenvalue weighted by molar-refractivity contribution is 0.0472. The minimum absolute atomic E-state index is 0.0546. The van der Waals surface area contributed by atoms with Crippen molar-refractivity contribution >= 4 is 5.97 Å². The Labute approximate surface area is 142 Å². The first kappa shape index (κ1) is 16.4. The molecule has 2 aromatic rings. The minimum atomic E-state index is -0.323. The minimum Gasteiger partial charge on any atom is -0.457 e. The molecule has 0 saturated carbocycles. The molecule has 0 bridgehead atoms. The molecule has 1 aliphatic rings. The maximum absolute atomic E-state index is 12.3. The second-order valence-electron chi connectivity index (χ2n) is 7.04. The predicted octanol–water partition coefficient (Wildman–Crippen LogP) is 4.38. The third-order valence-electron chi connectivity index (χ3n) is 4.08. The Morgan fingerprint density at radius 2 is 1.83 bits per heavy atom. The Hall–Kier alpha value is -2.49. The molecule has 4 heteroatoms. The lowest BCUT2D eigenvalue weighted by atomic mass is 9.83. The van der Waals surface area contributed by atoms with Crippen molar-refractivity contribution < 1.29 is 19.0 Å². The zero-order valence-corrected chi connectivity index (χ0v) is 14.5. The number of ether oxygens (including phenoxy) is 3. The normalized spacial score (nSPS) is 13.0. The molecular weight excluding hydrogens is 304 g/mol. The highest BCUT2D eigenvalue weighted by molar-refractivity contribution is 5.89. The number of hydrogen-bond acceptors (Lipinski definition) is 4. The van der Waals surface area contributed by atoms with Gasteiger partial charge in [-0.3, -0.25) is 0 Å². The van der Waals surface area contributed by atoms with Crippen LogP contribution in [0.3, 0.4) is 0 Å². The lowest BCUT2D eigenvalue weighted by Crippen LogP contribution is -2.14. The molecule has 4 nitrogen and oxygen atoms in total. The predicted molar refractivity (Wildman–Crippen MR) is 91.6 cm³/mol. The maximum Gasteiger partial charge on any atom is 0.338 e. The van der Waals surface area contributed by atoms with Crippen molar-refractivity contribution in [2.45, 2.75) is 39.7 Å². The van der Waals surface area contributed by atoms with E-state index in [1.54, 1.807) is 0 Å². The van der Waals surface area contributed by atoms with Crippen LogP contribution in [-0.4, -0.2) is 12.8 Å². The van der Waals surface area contributed by atoms with Crippen molar-refractivity contribution in [1.82, 2.24) is 0 Å². The van der Waals surface area contributed by atoms with Gasteiger partial charge in [-0.1, -0.05) is 32.9 Å². The smallest absolute Gasteiger partial charge is 0.338 e. The molecule has 126 valence electrons. The first-order chi connectivity index (χ1) is 11.3. The fraction of sp³-hybridized carbons (Fsp3) is 0.350. The summed E-state index contributed by atoms with van der Waals surface area (Å²) >= 11 is 0. The number of carbonyl (C=O) groups is 1. The van der Waals surface area contributed by atoms with Crippen molar-refractivity contribution in [2.75, 3.05) is 6.79 Å². The van der Waals surface area contributed by atoms with E-state index in [1.165, 1.54) is 5.56 Å². The summed E-state index contributed by atoms with van der Waals surface area (Å²) in [5, 5.41) is 0. The Balaban J connectivity index is 1.68. The van der Waals surface area contributed by atoms with Crippen molar-refractivity contribution in [2.24, 2.45) is 0 Å². The van der Waals surface area contributed by atoms with Crippen LogP contribution in [0.4, 0.5) is 0 Å². The Morgan fingerprint density at radius 1 is 1.08 bits per heavy atom. The Morgan fingerprint density at radius 3 is 2.54 bits per heavy atom. The maximum atomic E-state index is 12.3. The average molecular weight is 326 g/mol. The number of carbonyl (C=O) groups excluding carboxylic acids is 1. The highest BCUT2D eigenvalue weighted by atomic mass is 16.7. The highest BCUT2D eigenvalue weighted by Gasteiger charge is 2.18. The molecule has 24 heavy (non-hydrogen) atoms. The number of aryl methyl sites for hydroxylation is 1. The lowest BCUT2D eigenvalue weighted by Gasteiger charge is -2.22. The van der Waals surface area contributed by atoms with Gasteiger partial charge in [0, 0.05) is 0 Å². The fourth-order valence-electron chi connectivity index (χ4n) is 2.90. The van der Waals surface area contributed by atoms with Crippen LogP contribution in [0.15, 0.2) is 36.4 Å². The van der Waals surface area contributed by atoms with Gasteiger partial charge >= 0.3 is 5.97 Å². The number of esters is 1. The van der Waals surface area contributed by atoms with Crippen LogP contribution in [0.5, 0.6) is 11.5 Å². The molecule has 0 N–H and O–H groups in total. The van der Waals surface area contributed by atoms with E-state index >= 15 is 0 Å². The number of rotatable bonds is 3. The standard InChI is InChI=1S/C20H22O4/c1-13-9-15(6-7-16(13)20(2,3)4)19(21)22-11-14-5-8-17-18(10-14)24-12-23-17/h5-10H,11-12H2,1-4H3. The summed E-state index contributed by atoms with van der Waals surface area (Å²) in [5.41, 5.74) is 3.82. The topological polar surface area (TPSA) is 44.8 Å². The molecule has 0 aliphatic carbocycles. The summed E-state index contributed by atoms with van der Waals surface area (Å²) in [6, 6.07) is 11.3. The number of benzene rings is 2.